The van der Waals surface area contributed by atoms with Crippen LogP contribution in [0.5, 0.6) is 0 Å². The van der Waals surface area contributed by atoms with Gasteiger partial charge in [-0.05, 0) is 25.3 Å². The fourth-order valence-electron chi connectivity index (χ4n) is 2.36. The molecule has 0 aromatic heterocycles. The van der Waals surface area contributed by atoms with E-state index < -0.39 is 0 Å². The van der Waals surface area contributed by atoms with E-state index in [0.717, 1.165) is 42.6 Å². The fourth-order valence-corrected chi connectivity index (χ4v) is 2.36. The van der Waals surface area contributed by atoms with Crippen LogP contribution >= 0.6 is 0 Å². The summed E-state index contributed by atoms with van der Waals surface area (Å²) in [5, 5.41) is 0. The normalized spacial score (nSPS) is 35.3. The number of cyclic esters (lactones) is 1. The van der Waals surface area contributed by atoms with Gasteiger partial charge in [-0.25, -0.2) is 4.79 Å². The summed E-state index contributed by atoms with van der Waals surface area (Å²) in [6, 6.07) is 0. The van der Waals surface area contributed by atoms with Crippen molar-refractivity contribution in [2.24, 2.45) is 0 Å². The second-order valence-corrected chi connectivity index (χ2v) is 4.27. The minimum atomic E-state index is -0.181. The van der Waals surface area contributed by atoms with Crippen molar-refractivity contribution in [3.63, 3.8) is 0 Å². The molecular weight excluding hydrogens is 192 g/mol. The van der Waals surface area contributed by atoms with E-state index in [1.807, 2.05) is 6.08 Å². The average molecular weight is 206 g/mol. The predicted octanol–water partition coefficient (Wildman–Crippen LogP) is 2.08. The molecule has 3 aliphatic rings. The number of hydrogen-bond donors (Lipinski definition) is 0. The molecule has 0 radical (unpaired) electrons. The number of epoxide rings is 1. The Morgan fingerprint density at radius 2 is 2.40 bits per heavy atom. The van der Waals surface area contributed by atoms with Gasteiger partial charge in [0, 0.05) is 5.57 Å². The van der Waals surface area contributed by atoms with Crippen LogP contribution in [0.25, 0.3) is 0 Å². The monoisotopic (exact) mass is 206 g/mol. The van der Waals surface area contributed by atoms with Gasteiger partial charge in [0.1, 0.15) is 11.9 Å². The third-order valence-corrected chi connectivity index (χ3v) is 3.21. The van der Waals surface area contributed by atoms with E-state index in [4.69, 9.17) is 9.47 Å². The lowest BCUT2D eigenvalue weighted by Crippen LogP contribution is -2.11. The topological polar surface area (TPSA) is 38.8 Å². The van der Waals surface area contributed by atoms with Crippen molar-refractivity contribution in [2.75, 3.05) is 0 Å². The van der Waals surface area contributed by atoms with Crippen LogP contribution in [0.2, 0.25) is 0 Å². The first-order valence-corrected chi connectivity index (χ1v) is 5.62. The highest BCUT2D eigenvalue weighted by atomic mass is 16.6. The predicted molar refractivity (Wildman–Crippen MR) is 54.0 cm³/mol. The maximum atomic E-state index is 11.6. The zero-order chi connectivity index (χ0) is 10.4. The maximum absolute atomic E-state index is 11.6. The summed E-state index contributed by atoms with van der Waals surface area (Å²) >= 11 is 0. The summed E-state index contributed by atoms with van der Waals surface area (Å²) in [6.07, 6.45) is 6.38. The first-order chi connectivity index (χ1) is 7.31. The molecule has 1 fully saturated rings. The lowest BCUT2D eigenvalue weighted by atomic mass is 9.92. The van der Waals surface area contributed by atoms with E-state index in [1.165, 1.54) is 0 Å². The summed E-state index contributed by atoms with van der Waals surface area (Å²) < 4.78 is 10.7. The highest BCUT2D eigenvalue weighted by Gasteiger charge is 2.52. The third kappa shape index (κ3) is 1.34. The molecular formula is C12H14O3. The number of allylic oxidation sites excluding steroid dienone is 2. The Hall–Kier alpha value is -1.09. The van der Waals surface area contributed by atoms with E-state index in [0.29, 0.717) is 6.10 Å². The Labute approximate surface area is 88.7 Å². The summed E-state index contributed by atoms with van der Waals surface area (Å²) in [5.41, 5.74) is 1.90. The molecule has 0 aromatic carbocycles. The molecule has 1 aliphatic carbocycles. The smallest absolute Gasteiger partial charge is 0.342 e. The van der Waals surface area contributed by atoms with Crippen LogP contribution in [0.1, 0.15) is 32.6 Å². The van der Waals surface area contributed by atoms with Crippen molar-refractivity contribution >= 4 is 5.97 Å². The first-order valence-electron chi connectivity index (χ1n) is 5.62. The van der Waals surface area contributed by atoms with Crippen LogP contribution in [0.4, 0.5) is 0 Å². The van der Waals surface area contributed by atoms with Gasteiger partial charge in [0.05, 0.1) is 11.7 Å². The summed E-state index contributed by atoms with van der Waals surface area (Å²) in [4.78, 5) is 11.6. The minimum Gasteiger partial charge on any atom is -0.423 e. The summed E-state index contributed by atoms with van der Waals surface area (Å²) in [6.45, 7) is 2.12. The molecule has 0 amide bonds. The molecule has 0 saturated carbocycles. The van der Waals surface area contributed by atoms with E-state index in [-0.39, 0.29) is 12.1 Å². The highest BCUT2D eigenvalue weighted by molar-refractivity contribution is 5.96. The SMILES string of the molecule is CCC/C=C1/OC(=O)C2=C1CC[C@H]1O[C@@H]21. The van der Waals surface area contributed by atoms with Gasteiger partial charge < -0.3 is 9.47 Å². The lowest BCUT2D eigenvalue weighted by molar-refractivity contribution is -0.133. The van der Waals surface area contributed by atoms with Crippen LogP contribution in [0.3, 0.4) is 0 Å². The zero-order valence-corrected chi connectivity index (χ0v) is 8.79. The number of fused-ring (bicyclic) bond motifs is 2. The maximum Gasteiger partial charge on any atom is 0.342 e. The van der Waals surface area contributed by atoms with Crippen LogP contribution in [0, 0.1) is 0 Å². The molecule has 0 spiro atoms. The Kier molecular flexibility index (Phi) is 1.96. The number of unbranched alkanes of at least 4 members (excludes halogenated alkanes) is 1. The second-order valence-electron chi connectivity index (χ2n) is 4.27. The van der Waals surface area contributed by atoms with Gasteiger partial charge in [-0.1, -0.05) is 13.3 Å². The van der Waals surface area contributed by atoms with Crippen molar-refractivity contribution in [1.29, 1.82) is 0 Å². The summed E-state index contributed by atoms with van der Waals surface area (Å²) in [7, 11) is 0. The molecule has 1 saturated heterocycles. The molecule has 3 heteroatoms. The Morgan fingerprint density at radius 1 is 1.53 bits per heavy atom. The Morgan fingerprint density at radius 3 is 3.20 bits per heavy atom. The van der Waals surface area contributed by atoms with Gasteiger partial charge in [-0.2, -0.15) is 0 Å². The van der Waals surface area contributed by atoms with Gasteiger partial charge in [-0.3, -0.25) is 0 Å². The first kappa shape index (κ1) is 9.16. The highest BCUT2D eigenvalue weighted by Crippen LogP contribution is 2.46. The lowest BCUT2D eigenvalue weighted by Gasteiger charge is -2.06. The van der Waals surface area contributed by atoms with E-state index >= 15 is 0 Å². The molecule has 15 heavy (non-hydrogen) atoms. The van der Waals surface area contributed by atoms with Gasteiger partial charge in [-0.15, -0.1) is 0 Å². The summed E-state index contributed by atoms with van der Waals surface area (Å²) in [5.74, 6) is 0.616. The van der Waals surface area contributed by atoms with Gasteiger partial charge in [0.25, 0.3) is 0 Å². The molecule has 3 rings (SSSR count). The number of ether oxygens (including phenoxy) is 2. The van der Waals surface area contributed by atoms with Crippen LogP contribution in [-0.2, 0) is 14.3 Å². The minimum absolute atomic E-state index is 0.0498. The molecule has 0 unspecified atom stereocenters. The molecule has 2 aliphatic heterocycles. The number of esters is 1. The number of carbonyl (C=O) groups is 1. The standard InChI is InChI=1S/C12H14O3/c1-2-3-4-8-7-5-6-9-11(14-9)10(7)12(13)15-8/h4,9,11H,2-3,5-6H2,1H3/b8-4+/t9-,11-/m1/s1. The average Bonchev–Trinajstić information content (AvgIpc) is 2.95. The second kappa shape index (κ2) is 3.20. The molecule has 0 aromatic rings. The van der Waals surface area contributed by atoms with Crippen LogP contribution < -0.4 is 0 Å². The van der Waals surface area contributed by atoms with E-state index in [9.17, 15) is 4.79 Å². The largest absolute Gasteiger partial charge is 0.423 e. The van der Waals surface area contributed by atoms with Crippen molar-refractivity contribution in [3.8, 4) is 0 Å². The Balaban J connectivity index is 1.93. The molecule has 0 bridgehead atoms. The number of carbonyl (C=O) groups excluding carboxylic acids is 1. The van der Waals surface area contributed by atoms with Gasteiger partial charge in [0.2, 0.25) is 0 Å². The Bertz CT molecular complexity index is 378. The van der Waals surface area contributed by atoms with E-state index in [1.54, 1.807) is 0 Å². The quantitative estimate of drug-likeness (QED) is 0.513. The fraction of sp³-hybridized carbons (Fsp3) is 0.583. The van der Waals surface area contributed by atoms with Gasteiger partial charge >= 0.3 is 5.97 Å². The van der Waals surface area contributed by atoms with Crippen molar-refractivity contribution in [1.82, 2.24) is 0 Å². The van der Waals surface area contributed by atoms with Crippen molar-refractivity contribution < 1.29 is 14.3 Å². The molecule has 80 valence electrons. The third-order valence-electron chi connectivity index (χ3n) is 3.21. The number of rotatable bonds is 2. The molecule has 0 N–H and O–H groups in total. The zero-order valence-electron chi connectivity index (χ0n) is 8.79. The molecule has 2 atom stereocenters. The molecule has 2 heterocycles. The van der Waals surface area contributed by atoms with Crippen molar-refractivity contribution in [3.05, 3.63) is 23.0 Å². The van der Waals surface area contributed by atoms with Gasteiger partial charge in [0.15, 0.2) is 0 Å². The number of hydrogen-bond acceptors (Lipinski definition) is 3. The van der Waals surface area contributed by atoms with Crippen LogP contribution in [-0.4, -0.2) is 18.2 Å². The molecule has 3 nitrogen and oxygen atoms in total. The van der Waals surface area contributed by atoms with E-state index in [2.05, 4.69) is 6.92 Å². The van der Waals surface area contributed by atoms with Crippen molar-refractivity contribution in [2.45, 2.75) is 44.8 Å². The van der Waals surface area contributed by atoms with Crippen LogP contribution in [0.15, 0.2) is 23.0 Å².